The average Bonchev–Trinajstić information content (AvgIpc) is 2.89. The van der Waals surface area contributed by atoms with Crippen LogP contribution < -0.4 is 5.32 Å². The summed E-state index contributed by atoms with van der Waals surface area (Å²) in [5, 5.41) is 3.81. The third-order valence-electron chi connectivity index (χ3n) is 4.25. The van der Waals surface area contributed by atoms with Crippen LogP contribution in [-0.4, -0.2) is 30.1 Å². The first-order valence-electron chi connectivity index (χ1n) is 6.97. The molecule has 0 unspecified atom stereocenters. The first kappa shape index (κ1) is 12.9. The lowest BCUT2D eigenvalue weighted by atomic mass is 9.97. The lowest BCUT2D eigenvalue weighted by Gasteiger charge is -2.33. The largest absolute Gasteiger partial charge is 0.310 e. The molecule has 100 valence electrons. The smallest absolute Gasteiger partial charge is 0.0931 e. The summed E-state index contributed by atoms with van der Waals surface area (Å²) in [7, 11) is 0. The molecule has 1 saturated heterocycles. The second-order valence-electron chi connectivity index (χ2n) is 5.68. The number of halogens is 1. The predicted molar refractivity (Wildman–Crippen MR) is 78.4 cm³/mol. The Morgan fingerprint density at radius 3 is 2.83 bits per heavy atom. The van der Waals surface area contributed by atoms with E-state index >= 15 is 0 Å². The highest BCUT2D eigenvalue weighted by molar-refractivity contribution is 7.16. The standard InChI is InChI=1S/C14H21ClN2S/c15-13-5-4-12(18-13)10-17-9-3-8-16-14(11-17)6-1-2-7-14/h4-5,16H,1-3,6-11H2. The summed E-state index contributed by atoms with van der Waals surface area (Å²) in [4.78, 5) is 4.02. The Balaban J connectivity index is 1.67. The van der Waals surface area contributed by atoms with Gasteiger partial charge in [-0.25, -0.2) is 0 Å². The van der Waals surface area contributed by atoms with E-state index in [0.29, 0.717) is 5.54 Å². The third kappa shape index (κ3) is 2.90. The molecular weight excluding hydrogens is 264 g/mol. The van der Waals surface area contributed by atoms with Crippen LogP contribution in [0.5, 0.6) is 0 Å². The van der Waals surface area contributed by atoms with Crippen molar-refractivity contribution in [1.29, 1.82) is 0 Å². The molecule has 0 atom stereocenters. The molecule has 18 heavy (non-hydrogen) atoms. The summed E-state index contributed by atoms with van der Waals surface area (Å²) >= 11 is 7.74. The van der Waals surface area contributed by atoms with Gasteiger partial charge in [-0.2, -0.15) is 0 Å². The van der Waals surface area contributed by atoms with Gasteiger partial charge >= 0.3 is 0 Å². The van der Waals surface area contributed by atoms with E-state index in [1.54, 1.807) is 11.3 Å². The summed E-state index contributed by atoms with van der Waals surface area (Å²) in [5.41, 5.74) is 0.414. The molecule has 3 rings (SSSR count). The van der Waals surface area contributed by atoms with Crippen molar-refractivity contribution in [3.63, 3.8) is 0 Å². The maximum Gasteiger partial charge on any atom is 0.0931 e. The minimum absolute atomic E-state index is 0.414. The summed E-state index contributed by atoms with van der Waals surface area (Å²) in [6, 6.07) is 4.19. The molecule has 1 aromatic heterocycles. The molecule has 0 amide bonds. The third-order valence-corrected chi connectivity index (χ3v) is 5.46. The molecule has 0 bridgehead atoms. The molecule has 2 aliphatic rings. The van der Waals surface area contributed by atoms with Crippen LogP contribution >= 0.6 is 22.9 Å². The number of rotatable bonds is 2. The van der Waals surface area contributed by atoms with Gasteiger partial charge in [0.15, 0.2) is 0 Å². The molecule has 2 nitrogen and oxygen atoms in total. The molecule has 0 radical (unpaired) electrons. The zero-order valence-corrected chi connectivity index (χ0v) is 12.3. The Labute approximate surface area is 118 Å². The number of thiophene rings is 1. The number of hydrogen-bond donors (Lipinski definition) is 1. The van der Waals surface area contributed by atoms with E-state index in [-0.39, 0.29) is 0 Å². The second kappa shape index (κ2) is 5.49. The van der Waals surface area contributed by atoms with E-state index in [0.717, 1.165) is 10.9 Å². The summed E-state index contributed by atoms with van der Waals surface area (Å²) in [5.74, 6) is 0. The van der Waals surface area contributed by atoms with E-state index in [2.05, 4.69) is 16.3 Å². The maximum absolute atomic E-state index is 6.02. The number of nitrogens with one attached hydrogen (secondary N) is 1. The molecular formula is C14H21ClN2S. The summed E-state index contributed by atoms with van der Waals surface area (Å²) in [6.07, 6.45) is 6.77. The van der Waals surface area contributed by atoms with E-state index in [1.165, 1.54) is 56.6 Å². The van der Waals surface area contributed by atoms with Crippen molar-refractivity contribution in [3.05, 3.63) is 21.3 Å². The first-order chi connectivity index (χ1) is 8.76. The van der Waals surface area contributed by atoms with Gasteiger partial charge in [0.25, 0.3) is 0 Å². The van der Waals surface area contributed by atoms with E-state index in [9.17, 15) is 0 Å². The molecule has 2 heterocycles. The zero-order chi connectivity index (χ0) is 12.4. The van der Waals surface area contributed by atoms with Gasteiger partial charge in [-0.05, 0) is 44.5 Å². The van der Waals surface area contributed by atoms with Crippen molar-refractivity contribution in [2.24, 2.45) is 0 Å². The van der Waals surface area contributed by atoms with Gasteiger partial charge < -0.3 is 5.32 Å². The van der Waals surface area contributed by atoms with Gasteiger partial charge in [-0.15, -0.1) is 11.3 Å². The quantitative estimate of drug-likeness (QED) is 0.894. The lowest BCUT2D eigenvalue weighted by molar-refractivity contribution is 0.205. The Bertz CT molecular complexity index is 398. The molecule has 1 saturated carbocycles. The minimum atomic E-state index is 0.414. The fraction of sp³-hybridized carbons (Fsp3) is 0.714. The summed E-state index contributed by atoms with van der Waals surface area (Å²) < 4.78 is 0.911. The van der Waals surface area contributed by atoms with Crippen molar-refractivity contribution in [1.82, 2.24) is 10.2 Å². The first-order valence-corrected chi connectivity index (χ1v) is 8.17. The molecule has 1 aliphatic carbocycles. The Morgan fingerprint density at radius 2 is 2.11 bits per heavy atom. The van der Waals surface area contributed by atoms with E-state index in [1.807, 2.05) is 6.07 Å². The van der Waals surface area contributed by atoms with Crippen LogP contribution in [0.4, 0.5) is 0 Å². The summed E-state index contributed by atoms with van der Waals surface area (Å²) in [6.45, 7) is 4.68. The molecule has 1 aromatic rings. The Kier molecular flexibility index (Phi) is 3.94. The van der Waals surface area contributed by atoms with Crippen LogP contribution in [0.3, 0.4) is 0 Å². The van der Waals surface area contributed by atoms with Gasteiger partial charge in [-0.1, -0.05) is 24.4 Å². The van der Waals surface area contributed by atoms with Crippen LogP contribution in [0.2, 0.25) is 4.34 Å². The van der Waals surface area contributed by atoms with Crippen molar-refractivity contribution < 1.29 is 0 Å². The number of nitrogens with zero attached hydrogens (tertiary/aromatic N) is 1. The number of hydrogen-bond acceptors (Lipinski definition) is 3. The Morgan fingerprint density at radius 1 is 1.28 bits per heavy atom. The molecule has 1 spiro atoms. The van der Waals surface area contributed by atoms with Gasteiger partial charge in [-0.3, -0.25) is 4.90 Å². The molecule has 2 fully saturated rings. The maximum atomic E-state index is 6.02. The van der Waals surface area contributed by atoms with Crippen LogP contribution in [-0.2, 0) is 6.54 Å². The molecule has 0 aromatic carbocycles. The van der Waals surface area contributed by atoms with Crippen molar-refractivity contribution in [2.45, 2.75) is 44.2 Å². The predicted octanol–water partition coefficient (Wildman–Crippen LogP) is 3.51. The van der Waals surface area contributed by atoms with E-state index < -0.39 is 0 Å². The van der Waals surface area contributed by atoms with Crippen LogP contribution in [0, 0.1) is 0 Å². The van der Waals surface area contributed by atoms with Crippen LogP contribution in [0.15, 0.2) is 12.1 Å². The lowest BCUT2D eigenvalue weighted by Crippen LogP contribution is -2.49. The molecule has 1 N–H and O–H groups in total. The van der Waals surface area contributed by atoms with Crippen LogP contribution in [0.25, 0.3) is 0 Å². The zero-order valence-electron chi connectivity index (χ0n) is 10.8. The molecule has 4 heteroatoms. The second-order valence-corrected chi connectivity index (χ2v) is 7.48. The Hall–Kier alpha value is -0.0900. The van der Waals surface area contributed by atoms with Crippen molar-refractivity contribution >= 4 is 22.9 Å². The highest BCUT2D eigenvalue weighted by Gasteiger charge is 2.36. The van der Waals surface area contributed by atoms with Crippen LogP contribution in [0.1, 0.15) is 37.0 Å². The van der Waals surface area contributed by atoms with E-state index in [4.69, 9.17) is 11.6 Å². The van der Waals surface area contributed by atoms with Gasteiger partial charge in [0.05, 0.1) is 4.34 Å². The SMILES string of the molecule is Clc1ccc(CN2CCCNC3(CCCC3)C2)s1. The van der Waals surface area contributed by atoms with Gasteiger partial charge in [0.2, 0.25) is 0 Å². The van der Waals surface area contributed by atoms with Crippen molar-refractivity contribution in [3.8, 4) is 0 Å². The highest BCUT2D eigenvalue weighted by Crippen LogP contribution is 2.32. The normalized spacial score (nSPS) is 24.5. The fourth-order valence-electron chi connectivity index (χ4n) is 3.40. The topological polar surface area (TPSA) is 15.3 Å². The fourth-order valence-corrected chi connectivity index (χ4v) is 4.53. The highest BCUT2D eigenvalue weighted by atomic mass is 35.5. The minimum Gasteiger partial charge on any atom is -0.310 e. The van der Waals surface area contributed by atoms with Gasteiger partial charge in [0, 0.05) is 23.5 Å². The average molecular weight is 285 g/mol. The van der Waals surface area contributed by atoms with Gasteiger partial charge in [0.1, 0.15) is 0 Å². The monoisotopic (exact) mass is 284 g/mol. The van der Waals surface area contributed by atoms with Crippen molar-refractivity contribution in [2.75, 3.05) is 19.6 Å². The molecule has 1 aliphatic heterocycles.